The van der Waals surface area contributed by atoms with Gasteiger partial charge in [0.05, 0.1) is 32.7 Å². The molecule has 1 unspecified atom stereocenters. The van der Waals surface area contributed by atoms with Crippen molar-refractivity contribution in [2.24, 2.45) is 0 Å². The lowest BCUT2D eigenvalue weighted by atomic mass is 10.1. The number of hydrogen-bond acceptors (Lipinski definition) is 3. The van der Waals surface area contributed by atoms with Gasteiger partial charge in [0.15, 0.2) is 0 Å². The Morgan fingerprint density at radius 2 is 1.71 bits per heavy atom. The zero-order chi connectivity index (χ0) is 24.6. The Labute approximate surface area is 211 Å². The van der Waals surface area contributed by atoms with Gasteiger partial charge in [-0.15, -0.1) is 0 Å². The van der Waals surface area contributed by atoms with Gasteiger partial charge in [-0.1, -0.05) is 52.5 Å². The highest BCUT2D eigenvalue weighted by atomic mass is 35.5. The van der Waals surface area contributed by atoms with Crippen LogP contribution >= 0.6 is 34.8 Å². The average molecular weight is 516 g/mol. The fraction of sp³-hybridized carbons (Fsp3) is 0.160. The molecule has 34 heavy (non-hydrogen) atoms. The molecule has 1 N–H and O–H groups in total. The van der Waals surface area contributed by atoms with Gasteiger partial charge in [-0.25, -0.2) is 9.78 Å². The Morgan fingerprint density at radius 3 is 2.38 bits per heavy atom. The molecule has 1 atom stereocenters. The third-order valence-electron chi connectivity index (χ3n) is 5.60. The minimum absolute atomic E-state index is 0.245. The molecule has 0 aliphatic carbocycles. The van der Waals surface area contributed by atoms with E-state index in [1.54, 1.807) is 50.4 Å². The molecule has 0 fully saturated rings. The van der Waals surface area contributed by atoms with Crippen LogP contribution in [0.5, 0.6) is 0 Å². The third kappa shape index (κ3) is 4.75. The largest absolute Gasteiger partial charge is 0.322 e. The van der Waals surface area contributed by atoms with Gasteiger partial charge in [-0.05, 0) is 62.4 Å². The van der Waals surface area contributed by atoms with Crippen LogP contribution in [0.1, 0.15) is 24.4 Å². The van der Waals surface area contributed by atoms with Crippen molar-refractivity contribution in [3.05, 3.63) is 97.5 Å². The highest BCUT2D eigenvalue weighted by Gasteiger charge is 2.24. The molecule has 9 heteroatoms. The Balaban J connectivity index is 1.78. The fourth-order valence-corrected chi connectivity index (χ4v) is 4.00. The molecule has 0 radical (unpaired) electrons. The maximum Gasteiger partial charge on any atom is 0.322 e. The number of rotatable bonds is 4. The molecule has 0 spiro atoms. The molecule has 174 valence electrons. The zero-order valence-corrected chi connectivity index (χ0v) is 20.9. The highest BCUT2D eigenvalue weighted by molar-refractivity contribution is 6.42. The Hall–Kier alpha value is -3.06. The number of urea groups is 1. The molecule has 3 aromatic carbocycles. The molecule has 0 bridgehead atoms. The number of nitrogens with zero attached hydrogens (tertiary/aromatic N) is 3. The van der Waals surface area contributed by atoms with Crippen molar-refractivity contribution in [1.82, 2.24) is 14.5 Å². The van der Waals surface area contributed by atoms with Crippen LogP contribution in [0.15, 0.2) is 65.5 Å². The van der Waals surface area contributed by atoms with Crippen LogP contribution in [0.25, 0.3) is 16.6 Å². The van der Waals surface area contributed by atoms with E-state index >= 15 is 0 Å². The second-order valence-corrected chi connectivity index (χ2v) is 9.20. The summed E-state index contributed by atoms with van der Waals surface area (Å²) in [6.45, 7) is 3.77. The first-order valence-corrected chi connectivity index (χ1v) is 11.6. The summed E-state index contributed by atoms with van der Waals surface area (Å²) in [6, 6.07) is 16.4. The topological polar surface area (TPSA) is 67.2 Å². The number of aryl methyl sites for hydroxylation is 1. The van der Waals surface area contributed by atoms with E-state index in [2.05, 4.69) is 5.32 Å². The predicted molar refractivity (Wildman–Crippen MR) is 139 cm³/mol. The van der Waals surface area contributed by atoms with Crippen LogP contribution in [0.4, 0.5) is 10.5 Å². The summed E-state index contributed by atoms with van der Waals surface area (Å²) < 4.78 is 1.53. The first kappa shape index (κ1) is 24.1. The molecule has 6 nitrogen and oxygen atoms in total. The SMILES string of the molecule is Cc1ccc(-n2c(C(C)N(C)C(=O)Nc3ccc(Cl)c(Cl)c3)nc3cc(Cl)ccc3c2=O)cc1. The minimum atomic E-state index is -0.569. The number of anilines is 1. The van der Waals surface area contributed by atoms with Gasteiger partial charge >= 0.3 is 6.03 Å². The van der Waals surface area contributed by atoms with E-state index < -0.39 is 12.1 Å². The number of carbonyl (C=O) groups excluding carboxylic acids is 1. The number of carbonyl (C=O) groups is 1. The summed E-state index contributed by atoms with van der Waals surface area (Å²) in [5.74, 6) is 0.399. The number of amides is 2. The first-order chi connectivity index (χ1) is 16.2. The number of hydrogen-bond donors (Lipinski definition) is 1. The molecule has 4 aromatic rings. The third-order valence-corrected chi connectivity index (χ3v) is 6.57. The summed E-state index contributed by atoms with van der Waals surface area (Å²) in [7, 11) is 1.63. The van der Waals surface area contributed by atoms with Crippen molar-refractivity contribution in [2.75, 3.05) is 12.4 Å². The zero-order valence-electron chi connectivity index (χ0n) is 18.6. The van der Waals surface area contributed by atoms with Crippen LogP contribution in [-0.4, -0.2) is 27.5 Å². The summed E-state index contributed by atoms with van der Waals surface area (Å²) >= 11 is 18.2. The second kappa shape index (κ2) is 9.66. The average Bonchev–Trinajstić information content (AvgIpc) is 2.81. The maximum atomic E-state index is 13.5. The molecular weight excluding hydrogens is 495 g/mol. The summed E-state index contributed by atoms with van der Waals surface area (Å²) in [5, 5.41) is 4.42. The summed E-state index contributed by atoms with van der Waals surface area (Å²) in [6.07, 6.45) is 0. The van der Waals surface area contributed by atoms with E-state index in [1.807, 2.05) is 31.2 Å². The lowest BCUT2D eigenvalue weighted by Gasteiger charge is -2.27. The molecule has 0 saturated heterocycles. The monoisotopic (exact) mass is 514 g/mol. The summed E-state index contributed by atoms with van der Waals surface area (Å²) in [4.78, 5) is 32.8. The highest BCUT2D eigenvalue weighted by Crippen LogP contribution is 2.27. The van der Waals surface area contributed by atoms with E-state index in [4.69, 9.17) is 39.8 Å². The number of nitrogens with one attached hydrogen (secondary N) is 1. The molecule has 1 heterocycles. The van der Waals surface area contributed by atoms with E-state index in [1.165, 1.54) is 9.47 Å². The molecule has 1 aromatic heterocycles. The number of halogens is 3. The van der Waals surface area contributed by atoms with Crippen LogP contribution in [0.3, 0.4) is 0 Å². The second-order valence-electron chi connectivity index (χ2n) is 7.95. The van der Waals surface area contributed by atoms with Gasteiger partial charge in [-0.3, -0.25) is 9.36 Å². The Bertz CT molecular complexity index is 1450. The van der Waals surface area contributed by atoms with Crippen molar-refractivity contribution in [3.8, 4) is 5.69 Å². The van der Waals surface area contributed by atoms with Gasteiger partial charge in [0.2, 0.25) is 0 Å². The number of fused-ring (bicyclic) bond motifs is 1. The molecule has 4 rings (SSSR count). The molecule has 0 saturated carbocycles. The molecular formula is C25H21Cl3N4O2. The van der Waals surface area contributed by atoms with E-state index in [-0.39, 0.29) is 5.56 Å². The molecule has 2 amide bonds. The normalized spacial score (nSPS) is 11.9. The quantitative estimate of drug-likeness (QED) is 0.322. The maximum absolute atomic E-state index is 13.5. The van der Waals surface area contributed by atoms with Crippen LogP contribution < -0.4 is 10.9 Å². The van der Waals surface area contributed by atoms with E-state index in [0.717, 1.165) is 5.56 Å². The number of benzene rings is 3. The van der Waals surface area contributed by atoms with Crippen LogP contribution in [-0.2, 0) is 0 Å². The predicted octanol–water partition coefficient (Wildman–Crippen LogP) is 6.88. The molecule has 0 aliphatic heterocycles. The lowest BCUT2D eigenvalue weighted by Crippen LogP contribution is -2.37. The standard InChI is InChI=1S/C25H21Cl3N4O2/c1-14-4-8-18(9-5-14)32-23(30-22-12-16(26)6-10-19(22)24(32)33)15(2)31(3)25(34)29-17-7-11-20(27)21(28)13-17/h4-13,15H,1-3H3,(H,29,34). The van der Waals surface area contributed by atoms with Crippen molar-refractivity contribution in [3.63, 3.8) is 0 Å². The Kier molecular flexibility index (Phi) is 6.84. The van der Waals surface area contributed by atoms with Gasteiger partial charge in [0.1, 0.15) is 5.82 Å². The smallest absolute Gasteiger partial charge is 0.318 e. The van der Waals surface area contributed by atoms with Crippen LogP contribution in [0.2, 0.25) is 15.1 Å². The van der Waals surface area contributed by atoms with Gasteiger partial charge in [0.25, 0.3) is 5.56 Å². The summed E-state index contributed by atoms with van der Waals surface area (Å²) in [5.41, 5.74) is 2.42. The van der Waals surface area contributed by atoms with Gasteiger partial charge in [-0.2, -0.15) is 0 Å². The van der Waals surface area contributed by atoms with E-state index in [0.29, 0.717) is 43.2 Å². The van der Waals surface area contributed by atoms with Crippen LogP contribution in [0, 0.1) is 6.92 Å². The van der Waals surface area contributed by atoms with Crippen molar-refractivity contribution >= 4 is 57.4 Å². The fourth-order valence-electron chi connectivity index (χ4n) is 3.53. The van der Waals surface area contributed by atoms with E-state index in [9.17, 15) is 9.59 Å². The van der Waals surface area contributed by atoms with Crippen molar-refractivity contribution in [1.29, 1.82) is 0 Å². The van der Waals surface area contributed by atoms with Crippen molar-refractivity contribution in [2.45, 2.75) is 19.9 Å². The molecule has 0 aliphatic rings. The minimum Gasteiger partial charge on any atom is -0.318 e. The first-order valence-electron chi connectivity index (χ1n) is 10.4. The van der Waals surface area contributed by atoms with Gasteiger partial charge in [0, 0.05) is 17.8 Å². The van der Waals surface area contributed by atoms with Crippen molar-refractivity contribution < 1.29 is 4.79 Å². The number of aromatic nitrogens is 2. The Morgan fingerprint density at radius 1 is 1.00 bits per heavy atom. The van der Waals surface area contributed by atoms with Gasteiger partial charge < -0.3 is 10.2 Å². The lowest BCUT2D eigenvalue weighted by molar-refractivity contribution is 0.205.